The van der Waals surface area contributed by atoms with E-state index in [1.807, 2.05) is 60.7 Å². The van der Waals surface area contributed by atoms with Crippen molar-refractivity contribution in [2.45, 2.75) is 6.04 Å². The average molecular weight is 304 g/mol. The van der Waals surface area contributed by atoms with Gasteiger partial charge in [-0.3, -0.25) is 4.79 Å². The number of benzene rings is 2. The molecule has 0 aliphatic heterocycles. The molecule has 2 aromatic carbocycles. The second-order valence-electron chi connectivity index (χ2n) is 4.60. The predicted molar refractivity (Wildman–Crippen MR) is 80.8 cm³/mol. The fraction of sp³-hybridized carbons (Fsp3) is 0.133. The van der Waals surface area contributed by atoms with Gasteiger partial charge in [0.15, 0.2) is 0 Å². The van der Waals surface area contributed by atoms with Crippen molar-refractivity contribution in [2.75, 3.05) is 5.75 Å². The summed E-state index contributed by atoms with van der Waals surface area (Å²) in [7, 11) is -3.80. The molecule has 21 heavy (non-hydrogen) atoms. The van der Waals surface area contributed by atoms with Crippen molar-refractivity contribution in [3.05, 3.63) is 71.8 Å². The van der Waals surface area contributed by atoms with Gasteiger partial charge in [0.1, 0.15) is 5.75 Å². The van der Waals surface area contributed by atoms with E-state index in [2.05, 4.69) is 4.72 Å². The van der Waals surface area contributed by atoms with Gasteiger partial charge in [-0.1, -0.05) is 60.7 Å². The molecule has 0 saturated carbocycles. The van der Waals surface area contributed by atoms with Gasteiger partial charge in [0.2, 0.25) is 15.9 Å². The van der Waals surface area contributed by atoms with Crippen LogP contribution in [0.2, 0.25) is 0 Å². The molecule has 1 amide bonds. The largest absolute Gasteiger partial charge is 0.369 e. The quantitative estimate of drug-likeness (QED) is 0.840. The van der Waals surface area contributed by atoms with Crippen molar-refractivity contribution >= 4 is 15.9 Å². The van der Waals surface area contributed by atoms with Crippen LogP contribution in [0.5, 0.6) is 0 Å². The first kappa shape index (κ1) is 15.2. The molecular formula is C15H16N2O3S. The molecule has 0 unspecified atom stereocenters. The Bertz CT molecular complexity index is 661. The van der Waals surface area contributed by atoms with Crippen molar-refractivity contribution in [3.63, 3.8) is 0 Å². The molecule has 2 aromatic rings. The zero-order valence-electron chi connectivity index (χ0n) is 11.3. The minimum absolute atomic E-state index is 0.559. The Morgan fingerprint density at radius 2 is 1.38 bits per heavy atom. The molecule has 110 valence electrons. The first-order valence-electron chi connectivity index (χ1n) is 6.36. The molecule has 0 spiro atoms. The molecule has 0 saturated heterocycles. The number of hydrogen-bond donors (Lipinski definition) is 2. The average Bonchev–Trinajstić information content (AvgIpc) is 2.45. The van der Waals surface area contributed by atoms with Gasteiger partial charge in [0.25, 0.3) is 0 Å². The first-order chi connectivity index (χ1) is 9.98. The van der Waals surface area contributed by atoms with Gasteiger partial charge < -0.3 is 5.73 Å². The summed E-state index contributed by atoms with van der Waals surface area (Å²) >= 11 is 0. The summed E-state index contributed by atoms with van der Waals surface area (Å²) in [5, 5.41) is 0. The minimum Gasteiger partial charge on any atom is -0.369 e. The van der Waals surface area contributed by atoms with Gasteiger partial charge in [0, 0.05) is 0 Å². The van der Waals surface area contributed by atoms with Crippen molar-refractivity contribution in [2.24, 2.45) is 5.73 Å². The Labute approximate surface area is 123 Å². The van der Waals surface area contributed by atoms with Gasteiger partial charge in [-0.05, 0) is 11.1 Å². The molecule has 0 fully saturated rings. The second-order valence-corrected chi connectivity index (χ2v) is 6.35. The molecule has 0 aromatic heterocycles. The lowest BCUT2D eigenvalue weighted by Gasteiger charge is -2.19. The van der Waals surface area contributed by atoms with E-state index < -0.39 is 27.7 Å². The molecule has 5 nitrogen and oxygen atoms in total. The van der Waals surface area contributed by atoms with Crippen molar-refractivity contribution in [3.8, 4) is 0 Å². The Hall–Kier alpha value is -2.18. The highest BCUT2D eigenvalue weighted by Crippen LogP contribution is 2.22. The number of amides is 1. The maximum Gasteiger partial charge on any atom is 0.234 e. The Morgan fingerprint density at radius 3 is 1.76 bits per heavy atom. The lowest BCUT2D eigenvalue weighted by molar-refractivity contribution is -0.115. The molecule has 0 bridgehead atoms. The number of sulfonamides is 1. The van der Waals surface area contributed by atoms with Crippen molar-refractivity contribution in [1.29, 1.82) is 0 Å². The zero-order chi connectivity index (χ0) is 15.3. The van der Waals surface area contributed by atoms with Crippen LogP contribution in [0.25, 0.3) is 0 Å². The van der Waals surface area contributed by atoms with Crippen LogP contribution >= 0.6 is 0 Å². The van der Waals surface area contributed by atoms with Crippen LogP contribution in [0.1, 0.15) is 17.2 Å². The van der Waals surface area contributed by atoms with E-state index in [0.717, 1.165) is 11.1 Å². The summed E-state index contributed by atoms with van der Waals surface area (Å²) in [6.45, 7) is 0. The van der Waals surface area contributed by atoms with E-state index in [4.69, 9.17) is 5.73 Å². The fourth-order valence-electron chi connectivity index (χ4n) is 2.03. The van der Waals surface area contributed by atoms with Crippen LogP contribution in [0, 0.1) is 0 Å². The SMILES string of the molecule is NC(=O)CS(=O)(=O)NC(c1ccccc1)c1ccccc1. The third-order valence-corrected chi connectivity index (χ3v) is 4.15. The van der Waals surface area contributed by atoms with E-state index in [1.165, 1.54) is 0 Å². The minimum atomic E-state index is -3.80. The summed E-state index contributed by atoms with van der Waals surface area (Å²) in [5.41, 5.74) is 6.55. The second kappa shape index (κ2) is 6.51. The molecule has 0 aliphatic rings. The van der Waals surface area contributed by atoms with Crippen LogP contribution < -0.4 is 10.5 Å². The maximum absolute atomic E-state index is 12.0. The number of carbonyl (C=O) groups excluding carboxylic acids is 1. The number of primary amides is 1. The monoisotopic (exact) mass is 304 g/mol. The lowest BCUT2D eigenvalue weighted by Crippen LogP contribution is -2.36. The predicted octanol–water partition coefficient (Wildman–Crippen LogP) is 1.18. The van der Waals surface area contributed by atoms with Gasteiger partial charge in [-0.25, -0.2) is 13.1 Å². The first-order valence-corrected chi connectivity index (χ1v) is 8.01. The number of carbonyl (C=O) groups is 1. The Morgan fingerprint density at radius 1 is 0.952 bits per heavy atom. The number of nitrogens with one attached hydrogen (secondary N) is 1. The Balaban J connectivity index is 2.36. The summed E-state index contributed by atoms with van der Waals surface area (Å²) in [5.74, 6) is -1.62. The number of hydrogen-bond acceptors (Lipinski definition) is 3. The highest BCUT2D eigenvalue weighted by atomic mass is 32.2. The van der Waals surface area contributed by atoms with Crippen molar-refractivity contribution < 1.29 is 13.2 Å². The normalized spacial score (nSPS) is 11.5. The standard InChI is InChI=1S/C15H16N2O3S/c16-14(18)11-21(19,20)17-15(12-7-3-1-4-8-12)13-9-5-2-6-10-13/h1-10,15,17H,11H2,(H2,16,18). The van der Waals surface area contributed by atoms with E-state index in [0.29, 0.717) is 0 Å². The van der Waals surface area contributed by atoms with Crippen LogP contribution in [0.4, 0.5) is 0 Å². The summed E-state index contributed by atoms with van der Waals surface area (Å²) in [4.78, 5) is 10.9. The highest BCUT2D eigenvalue weighted by molar-refractivity contribution is 7.90. The number of nitrogens with two attached hydrogens (primary N) is 1. The van der Waals surface area contributed by atoms with E-state index in [-0.39, 0.29) is 0 Å². The third kappa shape index (κ3) is 4.40. The molecule has 0 heterocycles. The molecule has 0 radical (unpaired) electrons. The van der Waals surface area contributed by atoms with Gasteiger partial charge >= 0.3 is 0 Å². The fourth-order valence-corrected chi connectivity index (χ4v) is 3.12. The topological polar surface area (TPSA) is 89.3 Å². The van der Waals surface area contributed by atoms with Gasteiger partial charge in [0.05, 0.1) is 6.04 Å². The molecule has 0 aliphatic carbocycles. The molecule has 2 rings (SSSR count). The maximum atomic E-state index is 12.0. The van der Waals surface area contributed by atoms with E-state index in [1.54, 1.807) is 0 Å². The summed E-state index contributed by atoms with van der Waals surface area (Å²) < 4.78 is 26.5. The molecule has 0 atom stereocenters. The number of rotatable bonds is 6. The smallest absolute Gasteiger partial charge is 0.234 e. The van der Waals surface area contributed by atoms with Crippen LogP contribution in [-0.4, -0.2) is 20.1 Å². The van der Waals surface area contributed by atoms with Crippen molar-refractivity contribution in [1.82, 2.24) is 4.72 Å². The molecule has 3 N–H and O–H groups in total. The summed E-state index contributed by atoms with van der Waals surface area (Å²) in [6, 6.07) is 17.7. The molecular weight excluding hydrogens is 288 g/mol. The van der Waals surface area contributed by atoms with Crippen LogP contribution in [0.3, 0.4) is 0 Å². The lowest BCUT2D eigenvalue weighted by atomic mass is 10.00. The third-order valence-electron chi connectivity index (χ3n) is 2.90. The van der Waals surface area contributed by atoms with Gasteiger partial charge in [-0.15, -0.1) is 0 Å². The van der Waals surface area contributed by atoms with Gasteiger partial charge in [-0.2, -0.15) is 0 Å². The molecule has 6 heteroatoms. The van der Waals surface area contributed by atoms with Crippen LogP contribution in [-0.2, 0) is 14.8 Å². The van der Waals surface area contributed by atoms with Crippen LogP contribution in [0.15, 0.2) is 60.7 Å². The highest BCUT2D eigenvalue weighted by Gasteiger charge is 2.22. The zero-order valence-corrected chi connectivity index (χ0v) is 12.1. The summed E-state index contributed by atoms with van der Waals surface area (Å²) in [6.07, 6.45) is 0. The van der Waals surface area contributed by atoms with E-state index in [9.17, 15) is 13.2 Å². The van der Waals surface area contributed by atoms with E-state index >= 15 is 0 Å². The Kier molecular flexibility index (Phi) is 4.72.